The highest BCUT2D eigenvalue weighted by atomic mass is 16.4. The molecule has 3 unspecified atom stereocenters. The van der Waals surface area contributed by atoms with Crippen molar-refractivity contribution in [1.29, 1.82) is 0 Å². The minimum absolute atomic E-state index is 0.168. The van der Waals surface area contributed by atoms with E-state index in [-0.39, 0.29) is 17.9 Å². The van der Waals surface area contributed by atoms with Gasteiger partial charge in [-0.15, -0.1) is 0 Å². The maximum absolute atomic E-state index is 11.1. The molecule has 0 aromatic carbocycles. The number of carboxylic acid groups (broad SMARTS) is 1. The van der Waals surface area contributed by atoms with Crippen LogP contribution in [-0.2, 0) is 4.79 Å². The van der Waals surface area contributed by atoms with Crippen molar-refractivity contribution < 1.29 is 9.90 Å². The van der Waals surface area contributed by atoms with E-state index in [1.54, 1.807) is 6.20 Å². The SMILES string of the molecule is CC(NCC1CCCC1C(=O)O)c1cccnc1. The van der Waals surface area contributed by atoms with Gasteiger partial charge in [0, 0.05) is 18.4 Å². The number of aromatic nitrogens is 1. The number of rotatable bonds is 5. The second-order valence-electron chi connectivity index (χ2n) is 5.05. The lowest BCUT2D eigenvalue weighted by atomic mass is 9.96. The van der Waals surface area contributed by atoms with Crippen LogP contribution in [0.15, 0.2) is 24.5 Å². The molecule has 4 heteroatoms. The second-order valence-corrected chi connectivity index (χ2v) is 5.05. The molecule has 1 aliphatic carbocycles. The zero-order valence-corrected chi connectivity index (χ0v) is 10.7. The van der Waals surface area contributed by atoms with Crippen molar-refractivity contribution in [3.05, 3.63) is 30.1 Å². The summed E-state index contributed by atoms with van der Waals surface area (Å²) in [5.74, 6) is -0.548. The molecule has 1 aromatic rings. The summed E-state index contributed by atoms with van der Waals surface area (Å²) in [4.78, 5) is 15.2. The molecule has 0 aliphatic heterocycles. The second kappa shape index (κ2) is 5.96. The molecule has 0 bridgehead atoms. The van der Waals surface area contributed by atoms with E-state index in [9.17, 15) is 4.79 Å². The summed E-state index contributed by atoms with van der Waals surface area (Å²) in [6, 6.07) is 4.17. The molecule has 2 rings (SSSR count). The molecule has 3 atom stereocenters. The Balaban J connectivity index is 1.86. The molecular formula is C14H20N2O2. The Kier molecular flexibility index (Phi) is 4.31. The number of aliphatic carboxylic acids is 1. The number of nitrogens with one attached hydrogen (secondary N) is 1. The number of carbonyl (C=O) groups is 1. The van der Waals surface area contributed by atoms with E-state index in [0.717, 1.165) is 31.4 Å². The molecule has 1 heterocycles. The van der Waals surface area contributed by atoms with Crippen molar-refractivity contribution in [3.63, 3.8) is 0 Å². The summed E-state index contributed by atoms with van der Waals surface area (Å²) in [5.41, 5.74) is 1.14. The first kappa shape index (κ1) is 13.0. The minimum Gasteiger partial charge on any atom is -0.481 e. The molecule has 1 aromatic heterocycles. The van der Waals surface area contributed by atoms with Gasteiger partial charge in [-0.3, -0.25) is 9.78 Å². The first-order valence-electron chi connectivity index (χ1n) is 6.54. The van der Waals surface area contributed by atoms with Gasteiger partial charge in [0.25, 0.3) is 0 Å². The summed E-state index contributed by atoms with van der Waals surface area (Å²) in [6.45, 7) is 2.86. The Hall–Kier alpha value is -1.42. The van der Waals surface area contributed by atoms with Gasteiger partial charge in [-0.05, 0) is 43.9 Å². The fraction of sp³-hybridized carbons (Fsp3) is 0.571. The third kappa shape index (κ3) is 3.07. The van der Waals surface area contributed by atoms with Gasteiger partial charge in [-0.1, -0.05) is 12.5 Å². The number of hydrogen-bond donors (Lipinski definition) is 2. The zero-order chi connectivity index (χ0) is 13.0. The number of carboxylic acids is 1. The molecular weight excluding hydrogens is 228 g/mol. The van der Waals surface area contributed by atoms with Gasteiger partial charge in [0.15, 0.2) is 0 Å². The Labute approximate surface area is 107 Å². The van der Waals surface area contributed by atoms with Crippen molar-refractivity contribution in [2.24, 2.45) is 11.8 Å². The smallest absolute Gasteiger partial charge is 0.306 e. The zero-order valence-electron chi connectivity index (χ0n) is 10.7. The minimum atomic E-state index is -0.645. The molecule has 18 heavy (non-hydrogen) atoms. The van der Waals surface area contributed by atoms with Crippen LogP contribution < -0.4 is 5.32 Å². The van der Waals surface area contributed by atoms with Crippen molar-refractivity contribution in [2.45, 2.75) is 32.2 Å². The van der Waals surface area contributed by atoms with Gasteiger partial charge in [0.05, 0.1) is 5.92 Å². The molecule has 2 N–H and O–H groups in total. The van der Waals surface area contributed by atoms with Crippen molar-refractivity contribution in [3.8, 4) is 0 Å². The Bertz CT molecular complexity index is 394. The highest BCUT2D eigenvalue weighted by Gasteiger charge is 2.32. The van der Waals surface area contributed by atoms with E-state index in [1.165, 1.54) is 0 Å². The van der Waals surface area contributed by atoms with Gasteiger partial charge in [0.1, 0.15) is 0 Å². The quantitative estimate of drug-likeness (QED) is 0.838. The van der Waals surface area contributed by atoms with Gasteiger partial charge in [-0.25, -0.2) is 0 Å². The molecule has 98 valence electrons. The lowest BCUT2D eigenvalue weighted by Gasteiger charge is -2.20. The monoisotopic (exact) mass is 248 g/mol. The number of pyridine rings is 1. The number of nitrogens with zero attached hydrogens (tertiary/aromatic N) is 1. The molecule has 1 aliphatic rings. The normalized spacial score (nSPS) is 24.9. The van der Waals surface area contributed by atoms with Crippen LogP contribution in [0.25, 0.3) is 0 Å². The summed E-state index contributed by atoms with van der Waals surface area (Å²) in [6.07, 6.45) is 6.48. The van der Waals surface area contributed by atoms with Gasteiger partial charge in [-0.2, -0.15) is 0 Å². The van der Waals surface area contributed by atoms with E-state index in [0.29, 0.717) is 0 Å². The topological polar surface area (TPSA) is 62.2 Å². The highest BCUT2D eigenvalue weighted by Crippen LogP contribution is 2.31. The molecule has 0 amide bonds. The van der Waals surface area contributed by atoms with Gasteiger partial charge in [0.2, 0.25) is 0 Å². The Morgan fingerprint density at radius 3 is 3.11 bits per heavy atom. The first-order chi connectivity index (χ1) is 8.68. The molecule has 4 nitrogen and oxygen atoms in total. The number of hydrogen-bond acceptors (Lipinski definition) is 3. The molecule has 0 spiro atoms. The van der Waals surface area contributed by atoms with Gasteiger partial charge < -0.3 is 10.4 Å². The average molecular weight is 248 g/mol. The fourth-order valence-electron chi connectivity index (χ4n) is 2.68. The molecule has 0 saturated heterocycles. The van der Waals surface area contributed by atoms with E-state index in [1.807, 2.05) is 18.3 Å². The summed E-state index contributed by atoms with van der Waals surface area (Å²) in [5, 5.41) is 12.6. The average Bonchev–Trinajstić information content (AvgIpc) is 2.85. The van der Waals surface area contributed by atoms with Crippen LogP contribution in [0.1, 0.15) is 37.8 Å². The standard InChI is InChI=1S/C14H20N2O2/c1-10(11-5-3-7-15-8-11)16-9-12-4-2-6-13(12)14(17)18/h3,5,7-8,10,12-13,16H,2,4,6,9H2,1H3,(H,17,18). The van der Waals surface area contributed by atoms with E-state index >= 15 is 0 Å². The highest BCUT2D eigenvalue weighted by molar-refractivity contribution is 5.70. The van der Waals surface area contributed by atoms with Crippen molar-refractivity contribution in [2.75, 3.05) is 6.54 Å². The third-order valence-electron chi connectivity index (χ3n) is 3.85. The third-order valence-corrected chi connectivity index (χ3v) is 3.85. The fourth-order valence-corrected chi connectivity index (χ4v) is 2.68. The van der Waals surface area contributed by atoms with Crippen LogP contribution in [0.5, 0.6) is 0 Å². The lowest BCUT2D eigenvalue weighted by molar-refractivity contribution is -0.142. The summed E-state index contributed by atoms with van der Waals surface area (Å²) >= 11 is 0. The van der Waals surface area contributed by atoms with E-state index in [4.69, 9.17) is 5.11 Å². The van der Waals surface area contributed by atoms with E-state index < -0.39 is 5.97 Å². The van der Waals surface area contributed by atoms with Crippen LogP contribution in [0.2, 0.25) is 0 Å². The van der Waals surface area contributed by atoms with Gasteiger partial charge >= 0.3 is 5.97 Å². The maximum Gasteiger partial charge on any atom is 0.306 e. The van der Waals surface area contributed by atoms with Crippen molar-refractivity contribution in [1.82, 2.24) is 10.3 Å². The molecule has 0 radical (unpaired) electrons. The van der Waals surface area contributed by atoms with Crippen LogP contribution >= 0.6 is 0 Å². The summed E-state index contributed by atoms with van der Waals surface area (Å²) < 4.78 is 0. The Morgan fingerprint density at radius 1 is 1.61 bits per heavy atom. The van der Waals surface area contributed by atoms with Crippen LogP contribution in [0.3, 0.4) is 0 Å². The van der Waals surface area contributed by atoms with Crippen LogP contribution in [0.4, 0.5) is 0 Å². The lowest BCUT2D eigenvalue weighted by Crippen LogP contribution is -2.30. The first-order valence-corrected chi connectivity index (χ1v) is 6.54. The predicted octanol–water partition coefficient (Wildman–Crippen LogP) is 2.23. The predicted molar refractivity (Wildman–Crippen MR) is 69.1 cm³/mol. The molecule has 1 saturated carbocycles. The van der Waals surface area contributed by atoms with E-state index in [2.05, 4.69) is 17.2 Å². The maximum atomic E-state index is 11.1. The van der Waals surface area contributed by atoms with Crippen LogP contribution in [-0.4, -0.2) is 22.6 Å². The van der Waals surface area contributed by atoms with Crippen LogP contribution in [0, 0.1) is 11.8 Å². The van der Waals surface area contributed by atoms with Crippen molar-refractivity contribution >= 4 is 5.97 Å². The Morgan fingerprint density at radius 2 is 2.44 bits per heavy atom. The summed E-state index contributed by atoms with van der Waals surface area (Å²) in [7, 11) is 0. The molecule has 1 fully saturated rings. The largest absolute Gasteiger partial charge is 0.481 e.